The number of carbonyl (C=O) groups is 1. The summed E-state index contributed by atoms with van der Waals surface area (Å²) in [4.78, 5) is 18.4. The fourth-order valence-corrected chi connectivity index (χ4v) is 3.36. The molecule has 1 aliphatic rings. The van der Waals surface area contributed by atoms with Gasteiger partial charge in [0.15, 0.2) is 0 Å². The lowest BCUT2D eigenvalue weighted by atomic mass is 10.0. The fourth-order valence-electron chi connectivity index (χ4n) is 2.80. The number of amides is 2. The summed E-state index contributed by atoms with van der Waals surface area (Å²) < 4.78 is 13.0. The zero-order valence-electron chi connectivity index (χ0n) is 12.2. The molecule has 1 saturated heterocycles. The van der Waals surface area contributed by atoms with Crippen LogP contribution in [0.2, 0.25) is 0 Å². The molecular formula is C16H18FN3OS. The van der Waals surface area contributed by atoms with Gasteiger partial charge in [-0.05, 0) is 37.0 Å². The average molecular weight is 319 g/mol. The maximum absolute atomic E-state index is 13.0. The number of halogens is 1. The van der Waals surface area contributed by atoms with Gasteiger partial charge in [-0.2, -0.15) is 0 Å². The Balaban J connectivity index is 1.57. The molecule has 2 amide bonds. The number of nitrogens with one attached hydrogen (secondary N) is 1. The molecule has 1 aromatic carbocycles. The summed E-state index contributed by atoms with van der Waals surface area (Å²) in [7, 11) is 0. The van der Waals surface area contributed by atoms with E-state index in [9.17, 15) is 9.18 Å². The smallest absolute Gasteiger partial charge is 0.317 e. The van der Waals surface area contributed by atoms with Crippen molar-refractivity contribution in [2.24, 2.45) is 0 Å². The molecule has 1 N–H and O–H groups in total. The number of urea groups is 1. The minimum absolute atomic E-state index is 0.0439. The first-order valence-corrected chi connectivity index (χ1v) is 8.32. The number of aromatic nitrogens is 1. The summed E-state index contributed by atoms with van der Waals surface area (Å²) in [6.45, 7) is 1.23. The van der Waals surface area contributed by atoms with E-state index >= 15 is 0 Å². The first-order valence-electron chi connectivity index (χ1n) is 7.38. The van der Waals surface area contributed by atoms with E-state index in [1.165, 1.54) is 23.5 Å². The van der Waals surface area contributed by atoms with Gasteiger partial charge in [-0.3, -0.25) is 0 Å². The van der Waals surface area contributed by atoms with E-state index in [1.807, 2.05) is 10.3 Å². The lowest BCUT2D eigenvalue weighted by molar-refractivity contribution is 0.192. The highest BCUT2D eigenvalue weighted by Crippen LogP contribution is 2.21. The maximum Gasteiger partial charge on any atom is 0.317 e. The molecule has 116 valence electrons. The Morgan fingerprint density at radius 3 is 2.95 bits per heavy atom. The van der Waals surface area contributed by atoms with Crippen molar-refractivity contribution in [3.8, 4) is 0 Å². The van der Waals surface area contributed by atoms with E-state index in [-0.39, 0.29) is 17.9 Å². The molecule has 0 spiro atoms. The van der Waals surface area contributed by atoms with Gasteiger partial charge < -0.3 is 10.2 Å². The van der Waals surface area contributed by atoms with Crippen molar-refractivity contribution < 1.29 is 9.18 Å². The second-order valence-corrected chi connectivity index (χ2v) is 6.18. The molecule has 2 heterocycles. The number of thiazole rings is 1. The summed E-state index contributed by atoms with van der Waals surface area (Å²) in [6, 6.07) is 6.66. The van der Waals surface area contributed by atoms with Gasteiger partial charge in [0.05, 0.1) is 17.7 Å². The molecule has 0 bridgehead atoms. The van der Waals surface area contributed by atoms with Crippen LogP contribution in [0, 0.1) is 5.82 Å². The van der Waals surface area contributed by atoms with Gasteiger partial charge in [0.1, 0.15) is 5.82 Å². The Morgan fingerprint density at radius 1 is 1.41 bits per heavy atom. The van der Waals surface area contributed by atoms with Crippen molar-refractivity contribution in [1.29, 1.82) is 0 Å². The molecule has 1 unspecified atom stereocenters. The Kier molecular flexibility index (Phi) is 4.68. The molecule has 3 rings (SSSR count). The van der Waals surface area contributed by atoms with Crippen molar-refractivity contribution in [3.63, 3.8) is 0 Å². The highest BCUT2D eigenvalue weighted by molar-refractivity contribution is 7.07. The quantitative estimate of drug-likeness (QED) is 0.940. The summed E-state index contributed by atoms with van der Waals surface area (Å²) >= 11 is 1.52. The SMILES string of the molecule is O=C(NCc1cscn1)N1CCCC1Cc1ccc(F)cc1. The second kappa shape index (κ2) is 6.87. The van der Waals surface area contributed by atoms with Crippen LogP contribution in [0.15, 0.2) is 35.2 Å². The Morgan fingerprint density at radius 2 is 2.23 bits per heavy atom. The first-order chi connectivity index (χ1) is 10.7. The van der Waals surface area contributed by atoms with Crippen LogP contribution in [0.5, 0.6) is 0 Å². The standard InChI is InChI=1S/C16H18FN3OS/c17-13-5-3-12(4-6-13)8-15-2-1-7-20(15)16(21)18-9-14-10-22-11-19-14/h3-6,10-11,15H,1-2,7-9H2,(H,18,21). The number of rotatable bonds is 4. The number of nitrogens with zero attached hydrogens (tertiary/aromatic N) is 2. The molecule has 0 saturated carbocycles. The van der Waals surface area contributed by atoms with Crippen molar-refractivity contribution in [1.82, 2.24) is 15.2 Å². The van der Waals surface area contributed by atoms with Crippen LogP contribution in [0.3, 0.4) is 0 Å². The van der Waals surface area contributed by atoms with Crippen molar-refractivity contribution in [2.45, 2.75) is 31.8 Å². The number of likely N-dealkylation sites (tertiary alicyclic amines) is 1. The number of benzene rings is 1. The average Bonchev–Trinajstić information content (AvgIpc) is 3.18. The van der Waals surface area contributed by atoms with Crippen LogP contribution in [0.1, 0.15) is 24.1 Å². The van der Waals surface area contributed by atoms with Gasteiger partial charge in [-0.25, -0.2) is 14.2 Å². The number of hydrogen-bond donors (Lipinski definition) is 1. The van der Waals surface area contributed by atoms with E-state index in [2.05, 4.69) is 10.3 Å². The molecule has 22 heavy (non-hydrogen) atoms. The second-order valence-electron chi connectivity index (χ2n) is 5.46. The molecule has 6 heteroatoms. The van der Waals surface area contributed by atoms with Crippen molar-refractivity contribution >= 4 is 17.4 Å². The summed E-state index contributed by atoms with van der Waals surface area (Å²) in [5.41, 5.74) is 3.70. The zero-order valence-corrected chi connectivity index (χ0v) is 13.0. The van der Waals surface area contributed by atoms with Crippen LogP contribution in [0.4, 0.5) is 9.18 Å². The summed E-state index contributed by atoms with van der Waals surface area (Å²) in [5, 5.41) is 4.85. The van der Waals surface area contributed by atoms with E-state index < -0.39 is 0 Å². The Hall–Kier alpha value is -1.95. The predicted molar refractivity (Wildman–Crippen MR) is 84.2 cm³/mol. The number of carbonyl (C=O) groups excluding carboxylic acids is 1. The largest absolute Gasteiger partial charge is 0.332 e. The van der Waals surface area contributed by atoms with Gasteiger partial charge in [0.2, 0.25) is 0 Å². The summed E-state index contributed by atoms with van der Waals surface area (Å²) in [5.74, 6) is -0.229. The Labute approximate surface area is 133 Å². The van der Waals surface area contributed by atoms with Gasteiger partial charge in [0.25, 0.3) is 0 Å². The van der Waals surface area contributed by atoms with Crippen LogP contribution in [-0.4, -0.2) is 28.5 Å². The lowest BCUT2D eigenvalue weighted by Gasteiger charge is -2.25. The minimum Gasteiger partial charge on any atom is -0.332 e. The van der Waals surface area contributed by atoms with Gasteiger partial charge in [-0.1, -0.05) is 12.1 Å². The third-order valence-corrected chi connectivity index (χ3v) is 4.56. The lowest BCUT2D eigenvalue weighted by Crippen LogP contribution is -2.43. The van der Waals surface area contributed by atoms with E-state index in [0.29, 0.717) is 6.54 Å². The van der Waals surface area contributed by atoms with Crippen molar-refractivity contribution in [2.75, 3.05) is 6.54 Å². The van der Waals surface area contributed by atoms with Crippen LogP contribution in [-0.2, 0) is 13.0 Å². The van der Waals surface area contributed by atoms with Crippen LogP contribution < -0.4 is 5.32 Å². The molecule has 1 fully saturated rings. The molecule has 0 radical (unpaired) electrons. The van der Waals surface area contributed by atoms with Gasteiger partial charge in [0, 0.05) is 18.0 Å². The topological polar surface area (TPSA) is 45.2 Å². The zero-order chi connectivity index (χ0) is 15.4. The van der Waals surface area contributed by atoms with E-state index in [1.54, 1.807) is 17.6 Å². The molecule has 0 aliphatic carbocycles. The minimum atomic E-state index is -0.229. The maximum atomic E-state index is 13.0. The van der Waals surface area contributed by atoms with Gasteiger partial charge >= 0.3 is 6.03 Å². The Bertz CT molecular complexity index is 615. The van der Waals surface area contributed by atoms with Crippen molar-refractivity contribution in [3.05, 3.63) is 52.2 Å². The highest BCUT2D eigenvalue weighted by Gasteiger charge is 2.28. The third kappa shape index (κ3) is 3.62. The fraction of sp³-hybridized carbons (Fsp3) is 0.375. The molecule has 1 atom stereocenters. The van der Waals surface area contributed by atoms with Crippen LogP contribution in [0.25, 0.3) is 0 Å². The van der Waals surface area contributed by atoms with Crippen LogP contribution >= 0.6 is 11.3 Å². The molecule has 1 aromatic heterocycles. The normalized spacial score (nSPS) is 17.7. The number of hydrogen-bond acceptors (Lipinski definition) is 3. The van der Waals surface area contributed by atoms with Gasteiger partial charge in [-0.15, -0.1) is 11.3 Å². The highest BCUT2D eigenvalue weighted by atomic mass is 32.1. The summed E-state index contributed by atoms with van der Waals surface area (Å²) in [6.07, 6.45) is 2.77. The molecule has 1 aliphatic heterocycles. The molecule has 2 aromatic rings. The van der Waals surface area contributed by atoms with E-state index in [4.69, 9.17) is 0 Å². The van der Waals surface area contributed by atoms with E-state index in [0.717, 1.165) is 37.1 Å². The molecular weight excluding hydrogens is 301 g/mol. The first kappa shape index (κ1) is 15.0. The predicted octanol–water partition coefficient (Wildman–Crippen LogP) is 3.20. The monoisotopic (exact) mass is 319 g/mol. The third-order valence-electron chi connectivity index (χ3n) is 3.93. The molecule has 4 nitrogen and oxygen atoms in total.